The van der Waals surface area contributed by atoms with Crippen molar-refractivity contribution in [2.24, 2.45) is 16.7 Å². The first-order valence-electron chi connectivity index (χ1n) is 6.00. The molecule has 15 heavy (non-hydrogen) atoms. The molecule has 0 unspecified atom stereocenters. The Morgan fingerprint density at radius 3 is 1.53 bits per heavy atom. The third-order valence-electron chi connectivity index (χ3n) is 3.22. The molecule has 0 bridgehead atoms. The largest absolute Gasteiger partial charge is 0.375 e. The molecule has 0 saturated carbocycles. The molecule has 0 aliphatic rings. The van der Waals surface area contributed by atoms with Gasteiger partial charge in [0, 0.05) is 0 Å². The van der Waals surface area contributed by atoms with E-state index in [1.54, 1.807) is 0 Å². The van der Waals surface area contributed by atoms with E-state index in [-0.39, 0.29) is 11.0 Å². The lowest BCUT2D eigenvalue weighted by Gasteiger charge is -2.41. The third kappa shape index (κ3) is 5.55. The summed E-state index contributed by atoms with van der Waals surface area (Å²) in [6.07, 6.45) is 0. The molecule has 0 N–H and O–H groups in total. The van der Waals surface area contributed by atoms with E-state index in [1.165, 1.54) is 0 Å². The summed E-state index contributed by atoms with van der Waals surface area (Å²) >= 11 is 0. The van der Waals surface area contributed by atoms with Gasteiger partial charge in [0.05, 0.1) is 12.2 Å². The van der Waals surface area contributed by atoms with Crippen molar-refractivity contribution in [1.29, 1.82) is 0 Å². The van der Waals surface area contributed by atoms with Gasteiger partial charge < -0.3 is 4.74 Å². The fourth-order valence-electron chi connectivity index (χ4n) is 1.57. The molecule has 0 amide bonds. The van der Waals surface area contributed by atoms with Crippen molar-refractivity contribution in [3.63, 3.8) is 0 Å². The van der Waals surface area contributed by atoms with Crippen LogP contribution >= 0.6 is 0 Å². The predicted octanol–water partition coefficient (Wildman–Crippen LogP) is 4.51. The molecule has 1 heteroatoms. The van der Waals surface area contributed by atoms with Gasteiger partial charge in [-0.1, -0.05) is 48.5 Å². The molecule has 0 saturated heterocycles. The van der Waals surface area contributed by atoms with Crippen LogP contribution in [0, 0.1) is 16.7 Å². The zero-order valence-electron chi connectivity index (χ0n) is 12.2. The van der Waals surface area contributed by atoms with Gasteiger partial charge in [-0.15, -0.1) is 0 Å². The van der Waals surface area contributed by atoms with Crippen molar-refractivity contribution in [2.45, 2.75) is 67.9 Å². The Bertz CT molecular complexity index is 190. The molecular weight excluding hydrogens is 184 g/mol. The summed E-state index contributed by atoms with van der Waals surface area (Å²) in [5.74, 6) is 0.535. The van der Waals surface area contributed by atoms with Gasteiger partial charge in [-0.2, -0.15) is 0 Å². The average Bonchev–Trinajstić information content (AvgIpc) is 1.97. The van der Waals surface area contributed by atoms with Gasteiger partial charge in [0.2, 0.25) is 0 Å². The van der Waals surface area contributed by atoms with Gasteiger partial charge in [0.15, 0.2) is 0 Å². The van der Waals surface area contributed by atoms with Gasteiger partial charge in [-0.3, -0.25) is 0 Å². The van der Waals surface area contributed by atoms with Gasteiger partial charge in [-0.25, -0.2) is 0 Å². The first-order valence-corrected chi connectivity index (χ1v) is 6.00. The molecule has 0 spiro atoms. The van der Waals surface area contributed by atoms with E-state index >= 15 is 0 Å². The molecule has 0 aromatic heterocycles. The molecule has 1 atom stereocenters. The molecule has 0 aliphatic heterocycles. The van der Waals surface area contributed by atoms with E-state index in [1.807, 2.05) is 0 Å². The van der Waals surface area contributed by atoms with Crippen LogP contribution in [0.5, 0.6) is 0 Å². The molecule has 0 rings (SSSR count). The number of hydrogen-bond donors (Lipinski definition) is 0. The fraction of sp³-hybridized carbons (Fsp3) is 1.00. The molecule has 0 radical (unpaired) electrons. The summed E-state index contributed by atoms with van der Waals surface area (Å²) in [5, 5.41) is 0. The van der Waals surface area contributed by atoms with Gasteiger partial charge in [0.1, 0.15) is 0 Å². The second kappa shape index (κ2) is 4.45. The van der Waals surface area contributed by atoms with E-state index in [4.69, 9.17) is 4.74 Å². The molecule has 0 fully saturated rings. The van der Waals surface area contributed by atoms with Crippen LogP contribution in [-0.2, 0) is 4.74 Å². The van der Waals surface area contributed by atoms with Gasteiger partial charge in [-0.05, 0) is 30.6 Å². The number of rotatable bonds is 3. The van der Waals surface area contributed by atoms with E-state index in [0.29, 0.717) is 11.3 Å². The maximum Gasteiger partial charge on any atom is 0.0657 e. The highest BCUT2D eigenvalue weighted by Gasteiger charge is 2.35. The van der Waals surface area contributed by atoms with E-state index in [9.17, 15) is 0 Å². The summed E-state index contributed by atoms with van der Waals surface area (Å²) in [7, 11) is 0. The van der Waals surface area contributed by atoms with Crippen molar-refractivity contribution in [3.8, 4) is 0 Å². The van der Waals surface area contributed by atoms with Crippen molar-refractivity contribution in [1.82, 2.24) is 0 Å². The molecule has 0 aliphatic carbocycles. The Labute approximate surface area is 96.6 Å². The molecule has 1 nitrogen and oxygen atoms in total. The van der Waals surface area contributed by atoms with Crippen molar-refractivity contribution in [3.05, 3.63) is 0 Å². The second-order valence-electron chi connectivity index (χ2n) is 7.54. The zero-order valence-corrected chi connectivity index (χ0v) is 12.2. The van der Waals surface area contributed by atoms with Gasteiger partial charge >= 0.3 is 0 Å². The Kier molecular flexibility index (Phi) is 4.44. The quantitative estimate of drug-likeness (QED) is 0.671. The highest BCUT2D eigenvalue weighted by atomic mass is 16.5. The summed E-state index contributed by atoms with van der Waals surface area (Å²) in [6.45, 7) is 21.0. The highest BCUT2D eigenvalue weighted by Crippen LogP contribution is 2.37. The van der Waals surface area contributed by atoms with E-state index in [2.05, 4.69) is 62.3 Å². The highest BCUT2D eigenvalue weighted by molar-refractivity contribution is 4.85. The minimum absolute atomic E-state index is 0.0501. The Morgan fingerprint density at radius 2 is 1.27 bits per heavy atom. The van der Waals surface area contributed by atoms with Crippen LogP contribution in [0.4, 0.5) is 0 Å². The lowest BCUT2D eigenvalue weighted by atomic mass is 9.73. The minimum Gasteiger partial charge on any atom is -0.375 e. The van der Waals surface area contributed by atoms with Crippen LogP contribution in [-0.4, -0.2) is 12.2 Å². The van der Waals surface area contributed by atoms with Crippen molar-refractivity contribution in [2.75, 3.05) is 6.61 Å². The van der Waals surface area contributed by atoms with Crippen LogP contribution in [0.15, 0.2) is 0 Å². The third-order valence-corrected chi connectivity index (χ3v) is 3.22. The molecule has 0 heterocycles. The zero-order chi connectivity index (χ0) is 12.5. The molecular formula is C14H30O. The monoisotopic (exact) mass is 214 g/mol. The summed E-state index contributed by atoms with van der Waals surface area (Å²) < 4.78 is 6.08. The first-order chi connectivity index (χ1) is 6.36. The van der Waals surface area contributed by atoms with Crippen LogP contribution in [0.2, 0.25) is 0 Å². The summed E-state index contributed by atoms with van der Waals surface area (Å²) in [5.41, 5.74) is 0.488. The van der Waals surface area contributed by atoms with Crippen LogP contribution in [0.3, 0.4) is 0 Å². The average molecular weight is 214 g/mol. The number of hydrogen-bond acceptors (Lipinski definition) is 1. The number of ether oxygens (including phenoxy) is 1. The predicted molar refractivity (Wildman–Crippen MR) is 68.1 cm³/mol. The first kappa shape index (κ1) is 15.0. The van der Waals surface area contributed by atoms with Crippen molar-refractivity contribution >= 4 is 0 Å². The normalized spacial score (nSPS) is 16.6. The SMILES string of the molecule is C[C@@H](C(C)(C)C)C(C)(C)OCC(C)(C)C. The summed E-state index contributed by atoms with van der Waals surface area (Å²) in [4.78, 5) is 0. The van der Waals surface area contributed by atoms with Crippen LogP contribution in [0.1, 0.15) is 62.3 Å². The minimum atomic E-state index is -0.0501. The molecule has 0 aromatic carbocycles. The molecule has 0 aromatic rings. The standard InChI is InChI=1S/C14H30O/c1-11(13(5,6)7)14(8,9)15-10-12(2,3)4/h11H,10H2,1-9H3/t11-/m0/s1. The maximum atomic E-state index is 6.08. The molecule has 92 valence electrons. The fourth-order valence-corrected chi connectivity index (χ4v) is 1.57. The van der Waals surface area contributed by atoms with E-state index in [0.717, 1.165) is 6.61 Å². The second-order valence-corrected chi connectivity index (χ2v) is 7.54. The van der Waals surface area contributed by atoms with Crippen molar-refractivity contribution < 1.29 is 4.74 Å². The van der Waals surface area contributed by atoms with E-state index < -0.39 is 0 Å². The Hall–Kier alpha value is -0.0400. The maximum absolute atomic E-state index is 6.08. The van der Waals surface area contributed by atoms with Gasteiger partial charge in [0.25, 0.3) is 0 Å². The van der Waals surface area contributed by atoms with Crippen LogP contribution in [0.25, 0.3) is 0 Å². The summed E-state index contributed by atoms with van der Waals surface area (Å²) in [6, 6.07) is 0. The smallest absolute Gasteiger partial charge is 0.0657 e. The van der Waals surface area contributed by atoms with Crippen LogP contribution < -0.4 is 0 Å². The topological polar surface area (TPSA) is 9.23 Å². The lowest BCUT2D eigenvalue weighted by molar-refractivity contribution is -0.106. The Balaban J connectivity index is 4.43. The lowest BCUT2D eigenvalue weighted by Crippen LogP contribution is -2.41. The Morgan fingerprint density at radius 1 is 0.867 bits per heavy atom.